The molecule has 4 nitrogen and oxygen atoms in total. The van der Waals surface area contributed by atoms with Gasteiger partial charge in [-0.15, -0.1) is 5.10 Å². The molecular weight excluding hydrogens is 327 g/mol. The molecule has 0 aliphatic rings. The monoisotopic (exact) mass is 337 g/mol. The number of aromatic nitrogens is 3. The van der Waals surface area contributed by atoms with Gasteiger partial charge in [0.25, 0.3) is 0 Å². The highest BCUT2D eigenvalue weighted by atomic mass is 35.5. The van der Waals surface area contributed by atoms with Crippen LogP contribution in [0.15, 0.2) is 12.1 Å². The van der Waals surface area contributed by atoms with Crippen molar-refractivity contribution in [3.05, 3.63) is 39.1 Å². The second kappa shape index (κ2) is 5.86. The molecule has 0 radical (unpaired) electrons. The van der Waals surface area contributed by atoms with Gasteiger partial charge in [-0.1, -0.05) is 36.0 Å². The van der Waals surface area contributed by atoms with Crippen LogP contribution in [0, 0.1) is 0 Å². The average Bonchev–Trinajstić information content (AvgIpc) is 2.86. The van der Waals surface area contributed by atoms with Crippen LogP contribution < -0.4 is 0 Å². The van der Waals surface area contributed by atoms with Crippen molar-refractivity contribution < 1.29 is 18.3 Å². The number of halogens is 4. The molecule has 0 aliphatic heterocycles. The number of aliphatic hydroxyl groups excluding tert-OH is 1. The van der Waals surface area contributed by atoms with Crippen LogP contribution in [0.3, 0.4) is 0 Å². The Bertz CT molecular complexity index is 645. The molecular formula is C12H11ClF3N3OS. The Kier molecular flexibility index (Phi) is 4.50. The lowest BCUT2D eigenvalue weighted by Gasteiger charge is -2.14. The maximum Gasteiger partial charge on any atom is 0.433 e. The standard InChI is InChI=1S/C12H11ClF3N3OS/c1-5(2)8-10(21-19-18-8)9(20)6-3-4-7(12(14,15)16)17-11(6)13/h3-5,9,20H,1-2H3. The van der Waals surface area contributed by atoms with Crippen LogP contribution in [0.2, 0.25) is 5.15 Å². The van der Waals surface area contributed by atoms with Gasteiger partial charge in [0, 0.05) is 5.56 Å². The molecule has 9 heteroatoms. The summed E-state index contributed by atoms with van der Waals surface area (Å²) in [5.74, 6) is 0.0228. The minimum atomic E-state index is -4.58. The number of alkyl halides is 3. The highest BCUT2D eigenvalue weighted by Gasteiger charge is 2.33. The SMILES string of the molecule is CC(C)c1nnsc1C(O)c1ccc(C(F)(F)F)nc1Cl. The van der Waals surface area contributed by atoms with Gasteiger partial charge in [-0.25, -0.2) is 4.98 Å². The molecule has 1 N–H and O–H groups in total. The van der Waals surface area contributed by atoms with E-state index in [1.54, 1.807) is 0 Å². The van der Waals surface area contributed by atoms with E-state index >= 15 is 0 Å². The predicted molar refractivity (Wildman–Crippen MR) is 72.3 cm³/mol. The maximum atomic E-state index is 12.5. The van der Waals surface area contributed by atoms with Gasteiger partial charge >= 0.3 is 6.18 Å². The first kappa shape index (κ1) is 16.1. The number of hydrogen-bond acceptors (Lipinski definition) is 5. The Hall–Kier alpha value is -1.25. The molecule has 2 aromatic rings. The van der Waals surface area contributed by atoms with E-state index < -0.39 is 18.0 Å². The van der Waals surface area contributed by atoms with Crippen LogP contribution in [0.1, 0.15) is 47.7 Å². The Labute approximate surface area is 127 Å². The molecule has 114 valence electrons. The van der Waals surface area contributed by atoms with Gasteiger partial charge in [-0.2, -0.15) is 13.2 Å². The van der Waals surface area contributed by atoms with Crippen LogP contribution >= 0.6 is 23.1 Å². The minimum Gasteiger partial charge on any atom is -0.383 e. The quantitative estimate of drug-likeness (QED) is 0.865. The first-order valence-corrected chi connectivity index (χ1v) is 7.10. The molecule has 0 amide bonds. The Balaban J connectivity index is 2.40. The zero-order chi connectivity index (χ0) is 15.8. The first-order valence-electron chi connectivity index (χ1n) is 5.95. The summed E-state index contributed by atoms with van der Waals surface area (Å²) >= 11 is 6.75. The van der Waals surface area contributed by atoms with Crippen molar-refractivity contribution in [1.82, 2.24) is 14.6 Å². The number of hydrogen-bond donors (Lipinski definition) is 1. The van der Waals surface area contributed by atoms with Crippen molar-refractivity contribution in [2.45, 2.75) is 32.0 Å². The number of pyridine rings is 1. The van der Waals surface area contributed by atoms with Crippen molar-refractivity contribution in [2.75, 3.05) is 0 Å². The van der Waals surface area contributed by atoms with Gasteiger partial charge < -0.3 is 5.11 Å². The van der Waals surface area contributed by atoms with Crippen molar-refractivity contribution in [3.8, 4) is 0 Å². The van der Waals surface area contributed by atoms with Crippen molar-refractivity contribution in [2.24, 2.45) is 0 Å². The van der Waals surface area contributed by atoms with Crippen LogP contribution in [0.4, 0.5) is 13.2 Å². The van der Waals surface area contributed by atoms with Gasteiger partial charge in [0.05, 0.1) is 10.6 Å². The largest absolute Gasteiger partial charge is 0.433 e. The van der Waals surface area contributed by atoms with E-state index in [2.05, 4.69) is 14.6 Å². The van der Waals surface area contributed by atoms with Gasteiger partial charge in [-0.3, -0.25) is 0 Å². The summed E-state index contributed by atoms with van der Waals surface area (Å²) in [6.07, 6.45) is -5.79. The van der Waals surface area contributed by atoms with E-state index in [1.807, 2.05) is 13.8 Å². The average molecular weight is 338 g/mol. The molecule has 21 heavy (non-hydrogen) atoms. The Morgan fingerprint density at radius 3 is 2.48 bits per heavy atom. The van der Waals surface area contributed by atoms with Gasteiger partial charge in [0.2, 0.25) is 0 Å². The van der Waals surface area contributed by atoms with E-state index in [1.165, 1.54) is 0 Å². The fourth-order valence-electron chi connectivity index (χ4n) is 1.74. The van der Waals surface area contributed by atoms with Gasteiger partial charge in [0.1, 0.15) is 17.0 Å². The fraction of sp³-hybridized carbons (Fsp3) is 0.417. The first-order chi connectivity index (χ1) is 9.71. The number of nitrogens with zero attached hydrogens (tertiary/aromatic N) is 3. The molecule has 0 spiro atoms. The zero-order valence-electron chi connectivity index (χ0n) is 11.0. The highest BCUT2D eigenvalue weighted by molar-refractivity contribution is 7.05. The molecule has 0 saturated carbocycles. The second-order valence-corrected chi connectivity index (χ2v) is 5.80. The second-order valence-electron chi connectivity index (χ2n) is 4.65. The smallest absolute Gasteiger partial charge is 0.383 e. The summed E-state index contributed by atoms with van der Waals surface area (Å²) in [5, 5.41) is 13.8. The summed E-state index contributed by atoms with van der Waals surface area (Å²) in [4.78, 5) is 3.75. The lowest BCUT2D eigenvalue weighted by atomic mass is 10.0. The number of aliphatic hydroxyl groups is 1. The molecule has 0 bridgehead atoms. The summed E-state index contributed by atoms with van der Waals surface area (Å²) < 4.78 is 41.4. The zero-order valence-corrected chi connectivity index (χ0v) is 12.6. The molecule has 0 fully saturated rings. The van der Waals surface area contributed by atoms with Crippen LogP contribution in [-0.2, 0) is 6.18 Å². The van der Waals surface area contributed by atoms with Crippen molar-refractivity contribution in [3.63, 3.8) is 0 Å². The molecule has 0 aromatic carbocycles. The van der Waals surface area contributed by atoms with E-state index in [0.29, 0.717) is 10.6 Å². The number of rotatable bonds is 3. The molecule has 0 aliphatic carbocycles. The molecule has 1 atom stereocenters. The van der Waals surface area contributed by atoms with E-state index in [0.717, 1.165) is 23.7 Å². The third kappa shape index (κ3) is 3.33. The van der Waals surface area contributed by atoms with Gasteiger partial charge in [0.15, 0.2) is 0 Å². The van der Waals surface area contributed by atoms with E-state index in [9.17, 15) is 18.3 Å². The molecule has 0 saturated heterocycles. The third-order valence-corrected chi connectivity index (χ3v) is 3.89. The Morgan fingerprint density at radius 2 is 1.95 bits per heavy atom. The van der Waals surface area contributed by atoms with E-state index in [-0.39, 0.29) is 16.6 Å². The third-order valence-electron chi connectivity index (χ3n) is 2.80. The predicted octanol–water partition coefficient (Wildman–Crippen LogP) is 3.81. The highest BCUT2D eigenvalue weighted by Crippen LogP contribution is 2.35. The lowest BCUT2D eigenvalue weighted by Crippen LogP contribution is -2.10. The summed E-state index contributed by atoms with van der Waals surface area (Å²) in [5.41, 5.74) is -0.420. The summed E-state index contributed by atoms with van der Waals surface area (Å²) in [7, 11) is 0. The van der Waals surface area contributed by atoms with Gasteiger partial charge in [-0.05, 0) is 23.5 Å². The normalized spacial score (nSPS) is 13.7. The van der Waals surface area contributed by atoms with Crippen LogP contribution in [-0.4, -0.2) is 19.7 Å². The topological polar surface area (TPSA) is 58.9 Å². The minimum absolute atomic E-state index is 0.0228. The lowest BCUT2D eigenvalue weighted by molar-refractivity contribution is -0.141. The molecule has 2 heterocycles. The summed E-state index contributed by atoms with van der Waals surface area (Å²) in [6.45, 7) is 3.75. The van der Waals surface area contributed by atoms with Crippen LogP contribution in [0.5, 0.6) is 0 Å². The van der Waals surface area contributed by atoms with Crippen LogP contribution in [0.25, 0.3) is 0 Å². The molecule has 2 rings (SSSR count). The molecule has 1 unspecified atom stereocenters. The van der Waals surface area contributed by atoms with E-state index in [4.69, 9.17) is 11.6 Å². The summed E-state index contributed by atoms with van der Waals surface area (Å²) in [6, 6.07) is 1.90. The maximum absolute atomic E-state index is 12.5. The van der Waals surface area contributed by atoms with Crippen molar-refractivity contribution in [1.29, 1.82) is 0 Å². The Morgan fingerprint density at radius 1 is 1.29 bits per heavy atom. The fourth-order valence-corrected chi connectivity index (χ4v) is 2.81. The van der Waals surface area contributed by atoms with Crippen molar-refractivity contribution >= 4 is 23.1 Å². The molecule has 2 aromatic heterocycles.